The van der Waals surface area contributed by atoms with Crippen molar-refractivity contribution in [3.63, 3.8) is 0 Å². The Kier molecular flexibility index (Phi) is 8.57. The van der Waals surface area contributed by atoms with E-state index < -0.39 is 0 Å². The Hall–Kier alpha value is -1.92. The minimum absolute atomic E-state index is 0.000828. The lowest BCUT2D eigenvalue weighted by Crippen LogP contribution is -2.54. The first-order chi connectivity index (χ1) is 15.5. The first-order valence-electron chi connectivity index (χ1n) is 11.3. The number of piperazine rings is 1. The maximum Gasteiger partial charge on any atom is 0.251 e. The molecular weight excluding hydrogens is 457 g/mol. The zero-order chi connectivity index (χ0) is 24.2. The van der Waals surface area contributed by atoms with E-state index in [1.807, 2.05) is 18.2 Å². The van der Waals surface area contributed by atoms with Crippen molar-refractivity contribution in [1.82, 2.24) is 15.1 Å². The van der Waals surface area contributed by atoms with Crippen LogP contribution >= 0.6 is 23.2 Å². The number of hydrogen-bond acceptors (Lipinski definition) is 4. The van der Waals surface area contributed by atoms with Crippen molar-refractivity contribution < 1.29 is 9.59 Å². The number of hydrogen-bond donors (Lipinski definition) is 1. The molecule has 1 heterocycles. The molecule has 0 saturated carbocycles. The number of benzene rings is 2. The van der Waals surface area contributed by atoms with E-state index in [-0.39, 0.29) is 23.1 Å². The fraction of sp³-hybridized carbons (Fsp3) is 0.462. The molecule has 2 aromatic rings. The third-order valence-corrected chi connectivity index (χ3v) is 6.94. The predicted octanol–water partition coefficient (Wildman–Crippen LogP) is 5.16. The molecule has 0 spiro atoms. The summed E-state index contributed by atoms with van der Waals surface area (Å²) in [5, 5.41) is 4.39. The lowest BCUT2D eigenvalue weighted by Gasteiger charge is -2.40. The number of Topliss-reactive ketones (excluding diaryl/α,β-unsaturated/α-hetero) is 1. The summed E-state index contributed by atoms with van der Waals surface area (Å²) in [5.74, 6) is -0.115. The summed E-state index contributed by atoms with van der Waals surface area (Å²) in [7, 11) is 0. The number of carbonyl (C=O) groups is 2. The van der Waals surface area contributed by atoms with Crippen LogP contribution in [0.4, 0.5) is 0 Å². The Labute approximate surface area is 207 Å². The van der Waals surface area contributed by atoms with Crippen LogP contribution in [-0.4, -0.2) is 60.3 Å². The van der Waals surface area contributed by atoms with E-state index in [0.717, 1.165) is 44.8 Å². The Morgan fingerprint density at radius 3 is 2.03 bits per heavy atom. The summed E-state index contributed by atoms with van der Waals surface area (Å²) < 4.78 is 0. The largest absolute Gasteiger partial charge is 0.347 e. The molecule has 1 aliphatic heterocycles. The summed E-state index contributed by atoms with van der Waals surface area (Å²) >= 11 is 12.2. The second kappa shape index (κ2) is 11.0. The third kappa shape index (κ3) is 7.28. The quantitative estimate of drug-likeness (QED) is 0.545. The first-order valence-corrected chi connectivity index (χ1v) is 12.1. The number of ketones is 1. The minimum atomic E-state index is -0.108. The van der Waals surface area contributed by atoms with E-state index in [1.165, 1.54) is 6.92 Å². The summed E-state index contributed by atoms with van der Waals surface area (Å²) in [5.41, 5.74) is 2.25. The average molecular weight is 490 g/mol. The molecule has 7 heteroatoms. The number of rotatable bonds is 7. The van der Waals surface area contributed by atoms with E-state index in [4.69, 9.17) is 23.2 Å². The number of nitrogens with zero attached hydrogens (tertiary/aromatic N) is 2. The van der Waals surface area contributed by atoms with Gasteiger partial charge in [-0.2, -0.15) is 0 Å². The number of amides is 1. The SMILES string of the molecule is CC(=O)c1ccc(C(=O)NC(CN2CCN(Cc3ccc(Cl)c(Cl)c3)CC2)C(C)(C)C)cc1. The van der Waals surface area contributed by atoms with Crippen molar-refractivity contribution in [2.24, 2.45) is 5.41 Å². The van der Waals surface area contributed by atoms with Crippen molar-refractivity contribution in [3.05, 3.63) is 69.2 Å². The summed E-state index contributed by atoms with van der Waals surface area (Å²) in [6.45, 7) is 13.4. The van der Waals surface area contributed by atoms with Crippen LogP contribution in [-0.2, 0) is 6.54 Å². The van der Waals surface area contributed by atoms with Gasteiger partial charge in [-0.15, -0.1) is 0 Å². The van der Waals surface area contributed by atoms with Crippen LogP contribution in [0.25, 0.3) is 0 Å². The van der Waals surface area contributed by atoms with E-state index in [0.29, 0.717) is 21.2 Å². The molecule has 0 radical (unpaired) electrons. The summed E-state index contributed by atoms with van der Waals surface area (Å²) in [4.78, 5) is 29.2. The second-order valence-electron chi connectivity index (χ2n) is 9.85. The zero-order valence-corrected chi connectivity index (χ0v) is 21.3. The van der Waals surface area contributed by atoms with Crippen LogP contribution in [0.5, 0.6) is 0 Å². The van der Waals surface area contributed by atoms with Gasteiger partial charge in [0.25, 0.3) is 5.91 Å². The second-order valence-corrected chi connectivity index (χ2v) is 10.7. The Morgan fingerprint density at radius 2 is 1.48 bits per heavy atom. The van der Waals surface area contributed by atoms with Gasteiger partial charge in [0.2, 0.25) is 0 Å². The lowest BCUT2D eigenvalue weighted by atomic mass is 9.86. The summed E-state index contributed by atoms with van der Waals surface area (Å²) in [6.07, 6.45) is 0. The van der Waals surface area contributed by atoms with E-state index in [9.17, 15) is 9.59 Å². The normalized spacial score (nSPS) is 16.4. The van der Waals surface area contributed by atoms with E-state index >= 15 is 0 Å². The van der Waals surface area contributed by atoms with Gasteiger partial charge in [0.05, 0.1) is 10.0 Å². The zero-order valence-electron chi connectivity index (χ0n) is 19.8. The van der Waals surface area contributed by atoms with Gasteiger partial charge in [-0.05, 0) is 42.2 Å². The number of nitrogens with one attached hydrogen (secondary N) is 1. The van der Waals surface area contributed by atoms with Crippen molar-refractivity contribution in [1.29, 1.82) is 0 Å². The van der Waals surface area contributed by atoms with Crippen LogP contribution in [0.3, 0.4) is 0 Å². The molecule has 1 aliphatic rings. The van der Waals surface area contributed by atoms with Crippen LogP contribution in [0, 0.1) is 5.41 Å². The van der Waals surface area contributed by atoms with Gasteiger partial charge in [-0.3, -0.25) is 19.4 Å². The molecule has 1 fully saturated rings. The fourth-order valence-corrected chi connectivity index (χ4v) is 4.24. The van der Waals surface area contributed by atoms with Crippen molar-refractivity contribution in [2.75, 3.05) is 32.7 Å². The van der Waals surface area contributed by atoms with Crippen molar-refractivity contribution in [3.8, 4) is 0 Å². The topological polar surface area (TPSA) is 52.7 Å². The molecule has 1 unspecified atom stereocenters. The third-order valence-electron chi connectivity index (χ3n) is 6.20. The Bertz CT molecular complexity index is 978. The first kappa shape index (κ1) is 25.7. The Morgan fingerprint density at radius 1 is 0.909 bits per heavy atom. The van der Waals surface area contributed by atoms with Gasteiger partial charge in [0.1, 0.15) is 0 Å². The molecule has 0 aliphatic carbocycles. The van der Waals surface area contributed by atoms with Gasteiger partial charge < -0.3 is 5.32 Å². The van der Waals surface area contributed by atoms with E-state index in [2.05, 4.69) is 35.9 Å². The Balaban J connectivity index is 1.56. The van der Waals surface area contributed by atoms with Gasteiger partial charge in [-0.1, -0.05) is 62.2 Å². The predicted molar refractivity (Wildman–Crippen MR) is 135 cm³/mol. The highest BCUT2D eigenvalue weighted by Gasteiger charge is 2.30. The number of halogens is 2. The molecule has 1 amide bonds. The van der Waals surface area contributed by atoms with Gasteiger partial charge in [0, 0.05) is 56.4 Å². The molecule has 0 aromatic heterocycles. The van der Waals surface area contributed by atoms with Gasteiger partial charge >= 0.3 is 0 Å². The smallest absolute Gasteiger partial charge is 0.251 e. The maximum atomic E-state index is 12.9. The highest BCUT2D eigenvalue weighted by molar-refractivity contribution is 6.42. The van der Waals surface area contributed by atoms with Crippen molar-refractivity contribution >= 4 is 34.9 Å². The lowest BCUT2D eigenvalue weighted by molar-refractivity contribution is 0.0790. The minimum Gasteiger partial charge on any atom is -0.347 e. The van der Waals surface area contributed by atoms with Crippen LogP contribution in [0.1, 0.15) is 54.0 Å². The maximum absolute atomic E-state index is 12.9. The molecule has 1 N–H and O–H groups in total. The number of carbonyl (C=O) groups excluding carboxylic acids is 2. The van der Waals surface area contributed by atoms with Gasteiger partial charge in [0.15, 0.2) is 5.78 Å². The monoisotopic (exact) mass is 489 g/mol. The summed E-state index contributed by atoms with van der Waals surface area (Å²) in [6, 6.07) is 12.6. The standard InChI is InChI=1S/C26H33Cl2N3O2/c1-18(32)20-6-8-21(9-7-20)25(33)29-24(26(2,3)4)17-31-13-11-30(12-14-31)16-19-5-10-22(27)23(28)15-19/h5-10,15,24H,11-14,16-17H2,1-4H3,(H,29,33). The molecule has 33 heavy (non-hydrogen) atoms. The molecule has 0 bridgehead atoms. The molecule has 3 rings (SSSR count). The molecular formula is C26H33Cl2N3O2. The van der Waals surface area contributed by atoms with Crippen LogP contribution in [0.2, 0.25) is 10.0 Å². The fourth-order valence-electron chi connectivity index (χ4n) is 3.92. The molecule has 1 atom stereocenters. The molecule has 2 aromatic carbocycles. The van der Waals surface area contributed by atoms with Crippen molar-refractivity contribution in [2.45, 2.75) is 40.3 Å². The van der Waals surface area contributed by atoms with Gasteiger partial charge in [-0.25, -0.2) is 0 Å². The van der Waals surface area contributed by atoms with Crippen LogP contribution in [0.15, 0.2) is 42.5 Å². The highest BCUT2D eigenvalue weighted by Crippen LogP contribution is 2.24. The average Bonchev–Trinajstić information content (AvgIpc) is 2.76. The van der Waals surface area contributed by atoms with E-state index in [1.54, 1.807) is 24.3 Å². The molecule has 5 nitrogen and oxygen atoms in total. The molecule has 1 saturated heterocycles. The van der Waals surface area contributed by atoms with Crippen LogP contribution < -0.4 is 5.32 Å². The molecule has 178 valence electrons. The highest BCUT2D eigenvalue weighted by atomic mass is 35.5.